The quantitative estimate of drug-likeness (QED) is 0.879. The van der Waals surface area contributed by atoms with Crippen molar-refractivity contribution >= 4 is 28.3 Å². The Bertz CT molecular complexity index is 693. The number of halogens is 1. The van der Waals surface area contributed by atoms with Gasteiger partial charge >= 0.3 is 0 Å². The topological polar surface area (TPSA) is 67.2 Å². The number of anilines is 1. The maximum absolute atomic E-state index is 9.24. The van der Waals surface area contributed by atoms with Crippen LogP contribution in [0.3, 0.4) is 0 Å². The molecule has 0 radical (unpaired) electrons. The summed E-state index contributed by atoms with van der Waals surface area (Å²) in [7, 11) is 0. The molecule has 1 aliphatic rings. The number of ether oxygens (including phenoxy) is 1. The molecular weight excluding hydrogens is 290 g/mol. The zero-order valence-electron chi connectivity index (χ0n) is 11.3. The predicted octanol–water partition coefficient (Wildman–Crippen LogP) is 3.14. The third-order valence-corrected chi connectivity index (χ3v) is 3.65. The minimum absolute atomic E-state index is 0.409. The molecule has 5 nitrogen and oxygen atoms in total. The van der Waals surface area contributed by atoms with Crippen molar-refractivity contribution < 1.29 is 9.57 Å². The van der Waals surface area contributed by atoms with E-state index in [1.807, 2.05) is 0 Å². The van der Waals surface area contributed by atoms with Gasteiger partial charge in [0.1, 0.15) is 0 Å². The van der Waals surface area contributed by atoms with E-state index in [-0.39, 0.29) is 0 Å². The lowest BCUT2D eigenvalue weighted by molar-refractivity contribution is 0.126. The first-order valence-corrected chi connectivity index (χ1v) is 7.10. The van der Waals surface area contributed by atoms with Gasteiger partial charge in [-0.3, -0.25) is 4.84 Å². The summed E-state index contributed by atoms with van der Waals surface area (Å²) >= 11 is 5.95. The highest BCUT2D eigenvalue weighted by molar-refractivity contribution is 6.31. The molecule has 1 unspecified atom stereocenters. The Morgan fingerprint density at radius 3 is 3.14 bits per heavy atom. The molecule has 2 heterocycles. The van der Waals surface area contributed by atoms with Crippen molar-refractivity contribution in [2.75, 3.05) is 25.3 Å². The third-order valence-electron chi connectivity index (χ3n) is 3.41. The van der Waals surface area contributed by atoms with Gasteiger partial charge in [0.05, 0.1) is 30.4 Å². The summed E-state index contributed by atoms with van der Waals surface area (Å²) < 4.78 is 5.29. The summed E-state index contributed by atoms with van der Waals surface area (Å²) in [5.74, 6) is 0.924. The molecule has 0 bridgehead atoms. The van der Waals surface area contributed by atoms with Crippen LogP contribution in [0.15, 0.2) is 24.3 Å². The lowest BCUT2D eigenvalue weighted by atomic mass is 10.1. The molecule has 1 saturated heterocycles. The molecule has 21 heavy (non-hydrogen) atoms. The summed E-state index contributed by atoms with van der Waals surface area (Å²) in [4.78, 5) is 9.86. The van der Waals surface area contributed by atoms with Gasteiger partial charge in [0.2, 0.25) is 0 Å². The molecule has 1 atom stereocenters. The number of aromatic nitrogens is 1. The van der Waals surface area contributed by atoms with E-state index in [4.69, 9.17) is 21.2 Å². The zero-order valence-corrected chi connectivity index (χ0v) is 12.1. The summed E-state index contributed by atoms with van der Waals surface area (Å²) in [5, 5.41) is 10.6. The minimum atomic E-state index is 0.409. The van der Waals surface area contributed by atoms with E-state index in [0.29, 0.717) is 34.4 Å². The van der Waals surface area contributed by atoms with Gasteiger partial charge in [0.25, 0.3) is 0 Å². The van der Waals surface area contributed by atoms with Crippen LogP contribution in [0.5, 0.6) is 0 Å². The van der Waals surface area contributed by atoms with Crippen LogP contribution < -0.4 is 5.48 Å². The second kappa shape index (κ2) is 6.27. The number of rotatable bonds is 4. The van der Waals surface area contributed by atoms with E-state index in [1.165, 1.54) is 0 Å². The molecular formula is C15H14ClN3O2. The van der Waals surface area contributed by atoms with Gasteiger partial charge in [-0.15, -0.1) is 0 Å². The van der Waals surface area contributed by atoms with Gasteiger partial charge in [0.15, 0.2) is 5.82 Å². The Balaban J connectivity index is 1.76. The lowest BCUT2D eigenvalue weighted by Crippen LogP contribution is -2.13. The van der Waals surface area contributed by atoms with Crippen LogP contribution >= 0.6 is 11.6 Å². The zero-order chi connectivity index (χ0) is 14.7. The Morgan fingerprint density at radius 2 is 2.38 bits per heavy atom. The first kappa shape index (κ1) is 14.1. The molecule has 1 aromatic carbocycles. The van der Waals surface area contributed by atoms with Gasteiger partial charge in [-0.2, -0.15) is 5.26 Å². The van der Waals surface area contributed by atoms with Crippen LogP contribution in [0.25, 0.3) is 10.9 Å². The van der Waals surface area contributed by atoms with Crippen molar-refractivity contribution in [1.29, 1.82) is 5.26 Å². The van der Waals surface area contributed by atoms with Gasteiger partial charge in [0, 0.05) is 29.0 Å². The molecule has 3 rings (SSSR count). The van der Waals surface area contributed by atoms with E-state index in [1.54, 1.807) is 24.3 Å². The van der Waals surface area contributed by atoms with Crippen LogP contribution in [0.2, 0.25) is 5.02 Å². The molecule has 6 heteroatoms. The van der Waals surface area contributed by atoms with Crippen molar-refractivity contribution in [3.63, 3.8) is 0 Å². The molecule has 0 amide bonds. The van der Waals surface area contributed by atoms with Gasteiger partial charge in [-0.25, -0.2) is 10.5 Å². The van der Waals surface area contributed by atoms with E-state index in [2.05, 4.69) is 16.5 Å². The maximum atomic E-state index is 9.24. The average Bonchev–Trinajstić information content (AvgIpc) is 3.00. The number of nitrogens with one attached hydrogen (secondary N) is 1. The van der Waals surface area contributed by atoms with E-state index in [9.17, 15) is 5.26 Å². The molecule has 1 aliphatic heterocycles. The van der Waals surface area contributed by atoms with Gasteiger partial charge in [-0.05, 0) is 24.6 Å². The Labute approximate surface area is 127 Å². The molecule has 0 saturated carbocycles. The maximum Gasteiger partial charge on any atom is 0.151 e. The number of hydrogen-bond donors (Lipinski definition) is 1. The number of fused-ring (bicyclic) bond motifs is 1. The highest BCUT2D eigenvalue weighted by Gasteiger charge is 2.16. The van der Waals surface area contributed by atoms with Gasteiger partial charge < -0.3 is 4.74 Å². The number of pyridine rings is 1. The normalized spacial score (nSPS) is 17.8. The third kappa shape index (κ3) is 3.24. The Kier molecular flexibility index (Phi) is 4.20. The summed E-state index contributed by atoms with van der Waals surface area (Å²) in [6.45, 7) is 2.08. The molecule has 108 valence electrons. The van der Waals surface area contributed by atoms with E-state index >= 15 is 0 Å². The predicted molar refractivity (Wildman–Crippen MR) is 80.0 cm³/mol. The van der Waals surface area contributed by atoms with E-state index in [0.717, 1.165) is 25.0 Å². The highest BCUT2D eigenvalue weighted by Crippen LogP contribution is 2.24. The van der Waals surface area contributed by atoms with Crippen LogP contribution in [-0.2, 0) is 9.57 Å². The van der Waals surface area contributed by atoms with Crippen LogP contribution in [0, 0.1) is 17.2 Å². The lowest BCUT2D eigenvalue weighted by Gasteiger charge is -2.11. The van der Waals surface area contributed by atoms with Crippen molar-refractivity contribution in [2.24, 2.45) is 5.92 Å². The smallest absolute Gasteiger partial charge is 0.151 e. The molecule has 1 fully saturated rings. The monoisotopic (exact) mass is 303 g/mol. The fourth-order valence-electron chi connectivity index (χ4n) is 2.29. The number of hydrogen-bond acceptors (Lipinski definition) is 5. The average molecular weight is 304 g/mol. The molecule has 2 aromatic rings. The second-order valence-electron chi connectivity index (χ2n) is 4.97. The van der Waals surface area contributed by atoms with Crippen molar-refractivity contribution in [3.05, 3.63) is 34.9 Å². The van der Waals surface area contributed by atoms with Crippen molar-refractivity contribution in [1.82, 2.24) is 4.98 Å². The van der Waals surface area contributed by atoms with Crippen molar-refractivity contribution in [2.45, 2.75) is 6.42 Å². The SMILES string of the molecule is N#Cc1cc(NOCC2CCOC2)nc2ccc(Cl)cc12. The number of nitriles is 1. The minimum Gasteiger partial charge on any atom is -0.381 e. The summed E-state index contributed by atoms with van der Waals surface area (Å²) in [5.41, 5.74) is 4.02. The molecule has 1 N–H and O–H groups in total. The largest absolute Gasteiger partial charge is 0.381 e. The van der Waals surface area contributed by atoms with Crippen molar-refractivity contribution in [3.8, 4) is 6.07 Å². The van der Waals surface area contributed by atoms with E-state index < -0.39 is 0 Å². The number of nitrogens with zero attached hydrogens (tertiary/aromatic N) is 2. The second-order valence-corrected chi connectivity index (χ2v) is 5.41. The Morgan fingerprint density at radius 1 is 1.48 bits per heavy atom. The fourth-order valence-corrected chi connectivity index (χ4v) is 2.46. The van der Waals surface area contributed by atoms with Crippen LogP contribution in [0.4, 0.5) is 5.82 Å². The summed E-state index contributed by atoms with van der Waals surface area (Å²) in [6.07, 6.45) is 1.01. The first-order valence-electron chi connectivity index (χ1n) is 6.72. The van der Waals surface area contributed by atoms with Crippen LogP contribution in [0.1, 0.15) is 12.0 Å². The fraction of sp³-hybridized carbons (Fsp3) is 0.333. The first-order chi connectivity index (χ1) is 10.3. The molecule has 0 aliphatic carbocycles. The Hall–Kier alpha value is -1.87. The standard InChI is InChI=1S/C15H14ClN3O2/c16-12-1-2-14-13(6-12)11(7-17)5-15(18-14)19-21-9-10-3-4-20-8-10/h1-2,5-6,10H,3-4,8-9H2,(H,18,19). The highest BCUT2D eigenvalue weighted by atomic mass is 35.5. The molecule has 1 aromatic heterocycles. The van der Waals surface area contributed by atoms with Gasteiger partial charge in [-0.1, -0.05) is 11.6 Å². The summed E-state index contributed by atoms with van der Waals surface area (Å²) in [6, 6.07) is 9.09. The number of benzene rings is 1. The molecule has 0 spiro atoms. The van der Waals surface area contributed by atoms with Crippen LogP contribution in [-0.4, -0.2) is 24.8 Å².